The first-order chi connectivity index (χ1) is 15.9. The van der Waals surface area contributed by atoms with Crippen LogP contribution in [0.15, 0.2) is 71.3 Å². The monoisotopic (exact) mass is 462 g/mol. The van der Waals surface area contributed by atoms with E-state index in [9.17, 15) is 4.79 Å². The van der Waals surface area contributed by atoms with Crippen molar-refractivity contribution in [1.82, 2.24) is 9.88 Å². The fraction of sp³-hybridized carbons (Fsp3) is 0.200. The van der Waals surface area contributed by atoms with Crippen molar-refractivity contribution in [1.29, 1.82) is 5.41 Å². The zero-order chi connectivity index (χ0) is 23.5. The Morgan fingerprint density at radius 2 is 2.09 bits per heavy atom. The van der Waals surface area contributed by atoms with Crippen molar-refractivity contribution >= 4 is 45.8 Å². The van der Waals surface area contributed by atoms with Gasteiger partial charge in [0.05, 0.1) is 17.0 Å². The maximum atomic E-state index is 13.3. The molecule has 4 rings (SSSR count). The van der Waals surface area contributed by atoms with E-state index in [1.165, 1.54) is 0 Å². The molecule has 2 heterocycles. The molecule has 0 spiro atoms. The van der Waals surface area contributed by atoms with Gasteiger partial charge < -0.3 is 14.2 Å². The van der Waals surface area contributed by atoms with E-state index in [1.54, 1.807) is 54.3 Å². The van der Waals surface area contributed by atoms with Gasteiger partial charge in [-0.15, -0.1) is 0 Å². The molecule has 0 unspecified atom stereocenters. The summed E-state index contributed by atoms with van der Waals surface area (Å²) in [4.78, 5) is 24.8. The van der Waals surface area contributed by atoms with Gasteiger partial charge in [0.2, 0.25) is 5.89 Å². The highest BCUT2D eigenvalue weighted by atomic mass is 35.5. The number of carbonyl (C=O) groups is 1. The Labute approximate surface area is 196 Å². The number of carbonyl (C=O) groups excluding carboxylic acids is 1. The summed E-state index contributed by atoms with van der Waals surface area (Å²) >= 11 is 6.01. The number of rotatable bonds is 7. The number of nitrogens with zero attached hydrogens (tertiary/aromatic N) is 3. The fourth-order valence-electron chi connectivity index (χ4n) is 3.67. The standard InChI is InChI=1S/C25H23ClN4O3/c1-4-15(2)29-33-16(3)19-7-5-6-8-20(19)25(31)30-12-11-17(14-30)23(27)24-28-21-10-9-18(26)13-22(21)32-24/h4-10,13,17,27H,1,3,11-12,14H2,2H3/b27-23?,29-15-/t17-/m1/s1. The zero-order valence-corrected chi connectivity index (χ0v) is 18.9. The van der Waals surface area contributed by atoms with Crippen molar-refractivity contribution in [3.63, 3.8) is 0 Å². The lowest BCUT2D eigenvalue weighted by Crippen LogP contribution is -2.30. The maximum absolute atomic E-state index is 13.3. The summed E-state index contributed by atoms with van der Waals surface area (Å²) in [7, 11) is 0. The van der Waals surface area contributed by atoms with E-state index >= 15 is 0 Å². The molecule has 1 aliphatic rings. The molecule has 3 aromatic rings. The first-order valence-electron chi connectivity index (χ1n) is 10.4. The molecular formula is C25H23ClN4O3. The summed E-state index contributed by atoms with van der Waals surface area (Å²) in [5.74, 6) is 0.196. The van der Waals surface area contributed by atoms with Crippen LogP contribution in [-0.2, 0) is 4.84 Å². The van der Waals surface area contributed by atoms with Gasteiger partial charge in [-0.3, -0.25) is 10.2 Å². The van der Waals surface area contributed by atoms with E-state index in [1.807, 2.05) is 6.07 Å². The molecule has 0 radical (unpaired) electrons. The Bertz CT molecular complexity index is 1290. The minimum absolute atomic E-state index is 0.153. The van der Waals surface area contributed by atoms with Crippen LogP contribution in [0.5, 0.6) is 0 Å². The topological polar surface area (TPSA) is 91.8 Å². The Kier molecular flexibility index (Phi) is 6.42. The largest absolute Gasteiger partial charge is 0.435 e. The number of halogens is 1. The molecule has 1 aliphatic heterocycles. The van der Waals surface area contributed by atoms with Crippen molar-refractivity contribution in [2.45, 2.75) is 13.3 Å². The van der Waals surface area contributed by atoms with E-state index in [4.69, 9.17) is 26.3 Å². The van der Waals surface area contributed by atoms with Crippen molar-refractivity contribution < 1.29 is 14.0 Å². The average Bonchev–Trinajstić information content (AvgIpc) is 3.48. The number of fused-ring (bicyclic) bond motifs is 1. The van der Waals surface area contributed by atoms with Crippen molar-refractivity contribution in [2.24, 2.45) is 11.1 Å². The van der Waals surface area contributed by atoms with E-state index in [2.05, 4.69) is 23.3 Å². The minimum Gasteiger partial charge on any atom is -0.435 e. The van der Waals surface area contributed by atoms with Gasteiger partial charge in [-0.05, 0) is 37.6 Å². The Hall–Kier alpha value is -3.71. The van der Waals surface area contributed by atoms with Gasteiger partial charge in [0.1, 0.15) is 5.52 Å². The van der Waals surface area contributed by atoms with Crippen LogP contribution in [0.3, 0.4) is 0 Å². The van der Waals surface area contributed by atoms with Gasteiger partial charge >= 0.3 is 0 Å². The minimum atomic E-state index is -0.177. The number of nitrogens with one attached hydrogen (secondary N) is 1. The summed E-state index contributed by atoms with van der Waals surface area (Å²) in [6.07, 6.45) is 2.21. The number of likely N-dealkylation sites (tertiary alicyclic amines) is 1. The number of hydrogen-bond acceptors (Lipinski definition) is 6. The number of hydrogen-bond donors (Lipinski definition) is 1. The lowest BCUT2D eigenvalue weighted by molar-refractivity contribution is 0.0789. The lowest BCUT2D eigenvalue weighted by Gasteiger charge is -2.18. The third kappa shape index (κ3) is 4.73. The molecule has 0 aliphatic carbocycles. The van der Waals surface area contributed by atoms with Crippen LogP contribution in [0.25, 0.3) is 16.9 Å². The predicted octanol–water partition coefficient (Wildman–Crippen LogP) is 5.56. The molecular weight excluding hydrogens is 440 g/mol. The predicted molar refractivity (Wildman–Crippen MR) is 130 cm³/mol. The van der Waals surface area contributed by atoms with Crippen LogP contribution in [0.4, 0.5) is 0 Å². The zero-order valence-electron chi connectivity index (χ0n) is 18.2. The number of allylic oxidation sites excluding steroid dienone is 1. The second-order valence-corrected chi connectivity index (χ2v) is 8.21. The number of benzene rings is 2. The molecule has 0 saturated carbocycles. The summed E-state index contributed by atoms with van der Waals surface area (Å²) < 4.78 is 5.74. The van der Waals surface area contributed by atoms with Crippen molar-refractivity contribution in [2.75, 3.05) is 13.1 Å². The summed E-state index contributed by atoms with van der Waals surface area (Å²) in [5, 5.41) is 13.1. The normalized spacial score (nSPS) is 16.1. The van der Waals surface area contributed by atoms with Gasteiger partial charge in [0.15, 0.2) is 11.3 Å². The van der Waals surface area contributed by atoms with E-state index in [-0.39, 0.29) is 29.2 Å². The number of oxime groups is 1. The molecule has 1 saturated heterocycles. The highest BCUT2D eigenvalue weighted by molar-refractivity contribution is 6.31. The summed E-state index contributed by atoms with van der Waals surface area (Å²) in [6.45, 7) is 10.2. The quantitative estimate of drug-likeness (QED) is 0.282. The molecule has 8 heteroatoms. The third-order valence-electron chi connectivity index (χ3n) is 5.52. The highest BCUT2D eigenvalue weighted by Gasteiger charge is 2.33. The van der Waals surface area contributed by atoms with Crippen LogP contribution >= 0.6 is 11.6 Å². The van der Waals surface area contributed by atoms with Gasteiger partial charge in [-0.25, -0.2) is 4.98 Å². The SMILES string of the molecule is C=C/C(C)=N\OC(=C)c1ccccc1C(=O)N1CC[C@@H](C(=N)c2nc3ccc(Cl)cc3o2)C1. The first kappa shape index (κ1) is 22.5. The number of amides is 1. The summed E-state index contributed by atoms with van der Waals surface area (Å²) in [5.41, 5.74) is 3.09. The first-order valence-corrected chi connectivity index (χ1v) is 10.8. The van der Waals surface area contributed by atoms with Crippen molar-refractivity contribution in [3.8, 4) is 0 Å². The van der Waals surface area contributed by atoms with Crippen LogP contribution < -0.4 is 0 Å². The Morgan fingerprint density at radius 1 is 1.33 bits per heavy atom. The molecule has 1 N–H and O–H groups in total. The van der Waals surface area contributed by atoms with Gasteiger partial charge in [0.25, 0.3) is 5.91 Å². The van der Waals surface area contributed by atoms with Crippen LogP contribution in [0.2, 0.25) is 5.02 Å². The van der Waals surface area contributed by atoms with Crippen molar-refractivity contribution in [3.05, 3.63) is 83.7 Å². The van der Waals surface area contributed by atoms with Gasteiger partial charge in [-0.1, -0.05) is 48.1 Å². The molecule has 1 amide bonds. The van der Waals surface area contributed by atoms with Crippen LogP contribution in [0.1, 0.15) is 35.2 Å². The fourth-order valence-corrected chi connectivity index (χ4v) is 3.83. The number of aromatic nitrogens is 1. The molecule has 33 heavy (non-hydrogen) atoms. The molecule has 1 atom stereocenters. The second-order valence-electron chi connectivity index (χ2n) is 7.78. The van der Waals surface area contributed by atoms with E-state index < -0.39 is 0 Å². The second kappa shape index (κ2) is 9.42. The number of oxazole rings is 1. The van der Waals surface area contributed by atoms with Crippen LogP contribution in [0, 0.1) is 11.3 Å². The Morgan fingerprint density at radius 3 is 2.85 bits per heavy atom. The van der Waals surface area contributed by atoms with E-state index in [0.717, 1.165) is 0 Å². The molecule has 2 aromatic carbocycles. The lowest BCUT2D eigenvalue weighted by atomic mass is 10.0. The van der Waals surface area contributed by atoms with Crippen LogP contribution in [-0.4, -0.2) is 40.3 Å². The highest BCUT2D eigenvalue weighted by Crippen LogP contribution is 2.27. The maximum Gasteiger partial charge on any atom is 0.254 e. The van der Waals surface area contributed by atoms with Gasteiger partial charge in [0, 0.05) is 35.7 Å². The van der Waals surface area contributed by atoms with Gasteiger partial charge in [-0.2, -0.15) is 0 Å². The third-order valence-corrected chi connectivity index (χ3v) is 5.75. The molecule has 168 valence electrons. The van der Waals surface area contributed by atoms with E-state index in [0.29, 0.717) is 52.5 Å². The smallest absolute Gasteiger partial charge is 0.254 e. The summed E-state index contributed by atoms with van der Waals surface area (Å²) in [6, 6.07) is 12.3. The molecule has 7 nitrogen and oxygen atoms in total. The molecule has 1 aromatic heterocycles. The average molecular weight is 463 g/mol. The molecule has 1 fully saturated rings. The Balaban J connectivity index is 1.49. The molecule has 0 bridgehead atoms.